The van der Waals surface area contributed by atoms with Crippen LogP contribution in [0.3, 0.4) is 0 Å². The molecule has 72 heavy (non-hydrogen) atoms. The van der Waals surface area contributed by atoms with E-state index >= 15 is 0 Å². The average Bonchev–Trinajstić information content (AvgIpc) is 3.20. The molecule has 0 aliphatic carbocycles. The number of nitrogens with zero attached hydrogens (tertiary/aromatic N) is 3. The molecule has 0 spiro atoms. The minimum Gasteiger partial charge on any atom is -0.358 e. The molecule has 0 aliphatic heterocycles. The SMILES string of the molecule is CC(C)[PH+](Cc1cccc(C[PH+](C(C)C)C(C)C)n1)C(C)C.CC(C)[PH+](Cc1cccc(C[PH+](C(C)C)C(C)C)n1)C(C)C.CC(C)[PH+](Cc1cccc(C[PH+](C(C)C)C(C)C)n1)C(C)C.[CH3-].[CH3-].[CH3-].[Co].[Co].[Co]. The second kappa shape index (κ2) is 44.3. The molecule has 3 nitrogen and oxygen atoms in total. The Hall–Kier alpha value is 1.55. The van der Waals surface area contributed by atoms with Crippen molar-refractivity contribution in [1.29, 1.82) is 0 Å². The zero-order chi connectivity index (χ0) is 50.6. The summed E-state index contributed by atoms with van der Waals surface area (Å²) in [6.45, 7) is 57.3. The Morgan fingerprint density at radius 3 is 0.417 bits per heavy atom. The van der Waals surface area contributed by atoms with Crippen LogP contribution in [0, 0.1) is 22.3 Å². The van der Waals surface area contributed by atoms with Crippen molar-refractivity contribution in [3.8, 4) is 0 Å². The summed E-state index contributed by atoms with van der Waals surface area (Å²) < 4.78 is 0. The summed E-state index contributed by atoms with van der Waals surface area (Å²) >= 11 is 0. The molecule has 429 valence electrons. The molecule has 3 aromatic rings. The molecule has 0 saturated heterocycles. The maximum Gasteiger partial charge on any atom is 0.0995 e. The molecular formula is C60H120Co3N3P6+3. The summed E-state index contributed by atoms with van der Waals surface area (Å²) in [7, 11) is -2.17. The van der Waals surface area contributed by atoms with Crippen molar-refractivity contribution < 1.29 is 50.3 Å². The monoisotopic (exact) mass is 1250 g/mol. The van der Waals surface area contributed by atoms with Gasteiger partial charge in [-0.05, 0) is 203 Å². The van der Waals surface area contributed by atoms with Gasteiger partial charge in [-0.25, -0.2) is 0 Å². The Morgan fingerprint density at radius 1 is 0.236 bits per heavy atom. The molecule has 0 N–H and O–H groups in total. The molecule has 0 saturated carbocycles. The fourth-order valence-corrected chi connectivity index (χ4v) is 26.5. The standard InChI is InChI=1S/3C19H35NP2.3CH3.3Co/c3*1-14(2)21(15(3)4)12-18-10-9-11-19(20-18)13-22(16(5)6)17(7)8;;;;;;/h3*9-11,14-17H,12-13H2,1-8H3;3*1H3;;;/q;;;3*-1;;;/p+6. The zero-order valence-electron chi connectivity index (χ0n) is 51.7. The molecule has 0 bridgehead atoms. The van der Waals surface area contributed by atoms with Crippen molar-refractivity contribution >= 4 is 47.5 Å². The van der Waals surface area contributed by atoms with Crippen LogP contribution in [0.4, 0.5) is 0 Å². The van der Waals surface area contributed by atoms with E-state index in [0.29, 0.717) is 0 Å². The summed E-state index contributed by atoms with van der Waals surface area (Å²) in [4.78, 5) is 15.1. The molecule has 0 fully saturated rings. The van der Waals surface area contributed by atoms with Gasteiger partial charge >= 0.3 is 0 Å². The van der Waals surface area contributed by atoms with Gasteiger partial charge < -0.3 is 22.3 Å². The third-order valence-corrected chi connectivity index (χ3v) is 36.2. The minimum absolute atomic E-state index is 0. The van der Waals surface area contributed by atoms with Crippen molar-refractivity contribution in [2.24, 2.45) is 0 Å². The van der Waals surface area contributed by atoms with Gasteiger partial charge in [0, 0.05) is 97.9 Å². The first kappa shape index (κ1) is 84.8. The normalized spacial score (nSPS) is 11.6. The first-order chi connectivity index (χ1) is 30.7. The van der Waals surface area contributed by atoms with Gasteiger partial charge in [0.05, 0.1) is 139 Å². The smallest absolute Gasteiger partial charge is 0.0995 e. The van der Waals surface area contributed by atoms with Gasteiger partial charge in [0.1, 0.15) is 0 Å². The summed E-state index contributed by atoms with van der Waals surface area (Å²) in [5.41, 5.74) is 17.9. The molecule has 3 aromatic heterocycles. The second-order valence-electron chi connectivity index (χ2n) is 23.2. The molecule has 0 aromatic carbocycles. The van der Waals surface area contributed by atoms with E-state index in [1.165, 1.54) is 71.1 Å². The quantitative estimate of drug-likeness (QED) is 0.0663. The van der Waals surface area contributed by atoms with E-state index in [2.05, 4.69) is 221 Å². The Balaban J connectivity index is -0.000000218. The first-order valence-corrected chi connectivity index (χ1v) is 37.8. The van der Waals surface area contributed by atoms with Crippen LogP contribution in [0.25, 0.3) is 0 Å². The molecule has 0 amide bonds. The number of pyridine rings is 3. The summed E-state index contributed by atoms with van der Waals surface area (Å²) in [6.07, 6.45) is 7.33. The van der Waals surface area contributed by atoms with E-state index in [1.807, 2.05) is 0 Å². The van der Waals surface area contributed by atoms with Crippen molar-refractivity contribution in [3.05, 3.63) is 111 Å². The van der Waals surface area contributed by atoms with E-state index in [0.717, 1.165) is 67.9 Å². The van der Waals surface area contributed by atoms with Gasteiger partial charge in [0.2, 0.25) is 0 Å². The van der Waals surface area contributed by atoms with E-state index < -0.39 is 0 Å². The van der Waals surface area contributed by atoms with Gasteiger partial charge in [-0.2, -0.15) is 0 Å². The fourth-order valence-electron chi connectivity index (χ4n) is 9.88. The predicted octanol–water partition coefficient (Wildman–Crippen LogP) is 19.8. The largest absolute Gasteiger partial charge is 0.358 e. The Kier molecular flexibility index (Phi) is 52.2. The van der Waals surface area contributed by atoms with Gasteiger partial charge in [-0.15, -0.1) is 0 Å². The third kappa shape index (κ3) is 33.2. The van der Waals surface area contributed by atoms with Crippen LogP contribution in [0.2, 0.25) is 0 Å². The van der Waals surface area contributed by atoms with Crippen LogP contribution in [0.5, 0.6) is 0 Å². The van der Waals surface area contributed by atoms with Crippen LogP contribution in [0.15, 0.2) is 54.6 Å². The van der Waals surface area contributed by atoms with Crippen molar-refractivity contribution in [2.75, 3.05) is 0 Å². The first-order valence-electron chi connectivity index (χ1n) is 26.6. The third-order valence-electron chi connectivity index (χ3n) is 13.8. The maximum absolute atomic E-state index is 5.03. The summed E-state index contributed by atoms with van der Waals surface area (Å²) in [5, 5.41) is 0. The van der Waals surface area contributed by atoms with E-state index in [-0.39, 0.29) is 120 Å². The van der Waals surface area contributed by atoms with Crippen molar-refractivity contribution in [1.82, 2.24) is 15.0 Å². The van der Waals surface area contributed by atoms with Crippen LogP contribution in [-0.4, -0.2) is 82.9 Å². The van der Waals surface area contributed by atoms with E-state index in [1.54, 1.807) is 0 Å². The molecule has 0 unspecified atom stereocenters. The molecule has 12 heteroatoms. The average molecular weight is 1250 g/mol. The molecule has 0 atom stereocenters. The van der Waals surface area contributed by atoms with Gasteiger partial charge in [0.25, 0.3) is 0 Å². The number of hydrogen-bond donors (Lipinski definition) is 0. The Bertz CT molecular complexity index is 1380. The van der Waals surface area contributed by atoms with Crippen LogP contribution < -0.4 is 0 Å². The topological polar surface area (TPSA) is 38.7 Å². The van der Waals surface area contributed by atoms with E-state index in [4.69, 9.17) is 15.0 Å². The summed E-state index contributed by atoms with van der Waals surface area (Å²) in [5.74, 6) is 0. The number of rotatable bonds is 24. The van der Waals surface area contributed by atoms with Crippen molar-refractivity contribution in [3.63, 3.8) is 0 Å². The Labute approximate surface area is 491 Å². The zero-order valence-corrected chi connectivity index (χ0v) is 60.8. The maximum atomic E-state index is 5.03. The molecule has 3 radical (unpaired) electrons. The molecular weight excluding hydrogens is 1130 g/mol. The predicted molar refractivity (Wildman–Crippen MR) is 346 cm³/mol. The van der Waals surface area contributed by atoms with Gasteiger partial charge in [0.15, 0.2) is 0 Å². The molecule has 3 heterocycles. The van der Waals surface area contributed by atoms with Gasteiger partial charge in [-0.3, -0.25) is 15.0 Å². The molecule has 3 rings (SSSR count). The fraction of sp³-hybridized carbons (Fsp3) is 0.700. The number of hydrogen-bond acceptors (Lipinski definition) is 3. The molecule has 0 aliphatic rings. The number of aromatic nitrogens is 3. The second-order valence-corrected chi connectivity index (χ2v) is 46.1. The Morgan fingerprint density at radius 2 is 0.333 bits per heavy atom. The van der Waals surface area contributed by atoms with Crippen LogP contribution in [0.1, 0.15) is 200 Å². The van der Waals surface area contributed by atoms with Crippen molar-refractivity contribution in [2.45, 2.75) is 271 Å². The minimum atomic E-state index is -0.362. The van der Waals surface area contributed by atoms with Gasteiger partial charge in [-0.1, -0.05) is 18.2 Å². The summed E-state index contributed by atoms with van der Waals surface area (Å²) in [6, 6.07) is 20.2. The van der Waals surface area contributed by atoms with Crippen LogP contribution >= 0.6 is 47.5 Å². The van der Waals surface area contributed by atoms with E-state index in [9.17, 15) is 0 Å². The van der Waals surface area contributed by atoms with Crippen LogP contribution in [-0.2, 0) is 87.3 Å².